The molecule has 0 saturated heterocycles. The summed E-state index contributed by atoms with van der Waals surface area (Å²) in [6, 6.07) is 17.9. The Labute approximate surface area is 243 Å². The second-order valence-electron chi connectivity index (χ2n) is 10.2. The lowest BCUT2D eigenvalue weighted by Crippen LogP contribution is -2.52. The van der Waals surface area contributed by atoms with Gasteiger partial charge in [0.2, 0.25) is 11.8 Å². The van der Waals surface area contributed by atoms with E-state index >= 15 is 0 Å². The molecule has 2 amide bonds. The second kappa shape index (κ2) is 13.3. The van der Waals surface area contributed by atoms with Gasteiger partial charge in [0.05, 0.1) is 10.6 Å². The molecule has 0 aromatic heterocycles. The number of benzene rings is 3. The molecule has 2 atom stereocenters. The number of sulfonamides is 1. The van der Waals surface area contributed by atoms with E-state index in [1.54, 1.807) is 49.4 Å². The third-order valence-corrected chi connectivity index (χ3v) is 9.10. The zero-order chi connectivity index (χ0) is 29.6. The van der Waals surface area contributed by atoms with Gasteiger partial charge in [-0.05, 0) is 94.1 Å². The molecule has 1 N–H and O–H groups in total. The number of anilines is 1. The average molecular weight is 584 g/mol. The third kappa shape index (κ3) is 7.64. The first kappa shape index (κ1) is 31.2. The first-order valence-electron chi connectivity index (χ1n) is 13.3. The first-order valence-corrected chi connectivity index (χ1v) is 15.2. The number of rotatable bonds is 11. The number of carbonyl (C=O) groups excluding carboxylic acids is 2. The van der Waals surface area contributed by atoms with Crippen molar-refractivity contribution >= 4 is 39.1 Å². The van der Waals surface area contributed by atoms with E-state index in [2.05, 4.69) is 5.32 Å². The van der Waals surface area contributed by atoms with Gasteiger partial charge in [-0.15, -0.1) is 0 Å². The molecular formula is C31H38ClN3O4S. The van der Waals surface area contributed by atoms with Crippen LogP contribution in [0.3, 0.4) is 0 Å². The van der Waals surface area contributed by atoms with Gasteiger partial charge in [-0.3, -0.25) is 13.9 Å². The van der Waals surface area contributed by atoms with Crippen LogP contribution in [0.2, 0.25) is 5.02 Å². The number of hydrogen-bond acceptors (Lipinski definition) is 4. The van der Waals surface area contributed by atoms with Crippen molar-refractivity contribution in [3.05, 3.63) is 94.0 Å². The van der Waals surface area contributed by atoms with Crippen LogP contribution in [-0.2, 0) is 26.2 Å². The van der Waals surface area contributed by atoms with Gasteiger partial charge in [0.1, 0.15) is 12.6 Å². The summed E-state index contributed by atoms with van der Waals surface area (Å²) in [6.07, 6.45) is 0.732. The van der Waals surface area contributed by atoms with E-state index in [1.807, 2.05) is 46.8 Å². The first-order chi connectivity index (χ1) is 18.8. The summed E-state index contributed by atoms with van der Waals surface area (Å²) in [5.41, 5.74) is 3.91. The minimum absolute atomic E-state index is 0.0768. The van der Waals surface area contributed by atoms with Crippen molar-refractivity contribution in [2.45, 2.75) is 71.5 Å². The van der Waals surface area contributed by atoms with E-state index in [-0.39, 0.29) is 23.4 Å². The quantitative estimate of drug-likeness (QED) is 0.309. The standard InChI is InChI=1S/C31H38ClN3O4S/c1-7-24(5)33-31(37)25(6)34(19-26-9-8-10-27(32)18-26)30(36)20-35(28-14-13-22(3)23(4)17-28)40(38,39)29-15-11-21(2)12-16-29/h8-18,24-25H,7,19-20H2,1-6H3,(H,33,37)/t24-,25-/m0/s1. The van der Waals surface area contributed by atoms with Crippen molar-refractivity contribution < 1.29 is 18.0 Å². The summed E-state index contributed by atoms with van der Waals surface area (Å²) >= 11 is 6.20. The van der Waals surface area contributed by atoms with Gasteiger partial charge in [-0.1, -0.05) is 54.4 Å². The van der Waals surface area contributed by atoms with Gasteiger partial charge in [-0.25, -0.2) is 8.42 Å². The molecule has 0 aliphatic heterocycles. The Kier molecular flexibility index (Phi) is 10.4. The summed E-state index contributed by atoms with van der Waals surface area (Å²) in [6.45, 7) is 10.8. The van der Waals surface area contributed by atoms with Gasteiger partial charge >= 0.3 is 0 Å². The van der Waals surface area contributed by atoms with Crippen molar-refractivity contribution in [3.63, 3.8) is 0 Å². The fourth-order valence-corrected chi connectivity index (χ4v) is 5.75. The minimum Gasteiger partial charge on any atom is -0.352 e. The van der Waals surface area contributed by atoms with Crippen LogP contribution in [-0.4, -0.2) is 43.8 Å². The molecule has 0 heterocycles. The molecule has 40 heavy (non-hydrogen) atoms. The molecule has 214 valence electrons. The molecule has 9 heteroatoms. The molecule has 0 spiro atoms. The van der Waals surface area contributed by atoms with E-state index < -0.39 is 28.5 Å². The number of hydrogen-bond donors (Lipinski definition) is 1. The number of nitrogens with zero attached hydrogens (tertiary/aromatic N) is 2. The fraction of sp³-hybridized carbons (Fsp3) is 0.355. The molecule has 0 aliphatic rings. The molecule has 0 radical (unpaired) electrons. The Morgan fingerprint density at radius 3 is 2.20 bits per heavy atom. The van der Waals surface area contributed by atoms with Crippen molar-refractivity contribution in [2.24, 2.45) is 0 Å². The zero-order valence-corrected chi connectivity index (χ0v) is 25.5. The predicted molar refractivity (Wildman–Crippen MR) is 161 cm³/mol. The number of halogens is 1. The van der Waals surface area contributed by atoms with Crippen molar-refractivity contribution in [2.75, 3.05) is 10.8 Å². The summed E-state index contributed by atoms with van der Waals surface area (Å²) in [4.78, 5) is 28.6. The summed E-state index contributed by atoms with van der Waals surface area (Å²) in [5, 5.41) is 3.43. The normalized spacial score (nSPS) is 12.9. The highest BCUT2D eigenvalue weighted by Crippen LogP contribution is 2.27. The van der Waals surface area contributed by atoms with Crippen LogP contribution >= 0.6 is 11.6 Å². The Balaban J connectivity index is 2.05. The second-order valence-corrected chi connectivity index (χ2v) is 12.5. The Morgan fingerprint density at radius 1 is 0.925 bits per heavy atom. The highest BCUT2D eigenvalue weighted by Gasteiger charge is 2.33. The van der Waals surface area contributed by atoms with Crippen molar-refractivity contribution in [1.29, 1.82) is 0 Å². The molecule has 0 fully saturated rings. The molecule has 0 aliphatic carbocycles. The van der Waals surface area contributed by atoms with E-state index in [4.69, 9.17) is 11.6 Å². The number of carbonyl (C=O) groups is 2. The Bertz CT molecular complexity index is 1460. The van der Waals surface area contributed by atoms with E-state index in [0.29, 0.717) is 10.7 Å². The van der Waals surface area contributed by atoms with Crippen LogP contribution in [0.25, 0.3) is 0 Å². The number of nitrogens with one attached hydrogen (secondary N) is 1. The maximum atomic E-state index is 14.0. The van der Waals surface area contributed by atoms with Gasteiger partial charge in [0.25, 0.3) is 10.0 Å². The van der Waals surface area contributed by atoms with Crippen LogP contribution in [0.4, 0.5) is 5.69 Å². The summed E-state index contributed by atoms with van der Waals surface area (Å²) in [5.74, 6) is -0.829. The van der Waals surface area contributed by atoms with Gasteiger partial charge in [-0.2, -0.15) is 0 Å². The van der Waals surface area contributed by atoms with Crippen LogP contribution in [0.5, 0.6) is 0 Å². The highest BCUT2D eigenvalue weighted by molar-refractivity contribution is 7.92. The largest absolute Gasteiger partial charge is 0.352 e. The maximum Gasteiger partial charge on any atom is 0.264 e. The summed E-state index contributed by atoms with van der Waals surface area (Å²) < 4.78 is 29.0. The lowest BCUT2D eigenvalue weighted by atomic mass is 10.1. The summed E-state index contributed by atoms with van der Waals surface area (Å²) in [7, 11) is -4.11. The Morgan fingerprint density at radius 2 is 1.60 bits per heavy atom. The highest BCUT2D eigenvalue weighted by atomic mass is 35.5. The average Bonchev–Trinajstić information content (AvgIpc) is 2.91. The van der Waals surface area contributed by atoms with Crippen LogP contribution in [0.1, 0.15) is 49.4 Å². The van der Waals surface area contributed by atoms with Gasteiger partial charge in [0, 0.05) is 17.6 Å². The minimum atomic E-state index is -4.11. The number of aryl methyl sites for hydroxylation is 3. The number of amides is 2. The van der Waals surface area contributed by atoms with Crippen LogP contribution in [0, 0.1) is 20.8 Å². The lowest BCUT2D eigenvalue weighted by Gasteiger charge is -2.32. The van der Waals surface area contributed by atoms with Crippen LogP contribution < -0.4 is 9.62 Å². The monoisotopic (exact) mass is 583 g/mol. The van der Waals surface area contributed by atoms with Crippen LogP contribution in [0.15, 0.2) is 71.6 Å². The van der Waals surface area contributed by atoms with Gasteiger partial charge in [0.15, 0.2) is 0 Å². The zero-order valence-electron chi connectivity index (χ0n) is 23.9. The molecule has 3 aromatic carbocycles. The predicted octanol–water partition coefficient (Wildman–Crippen LogP) is 5.79. The van der Waals surface area contributed by atoms with Crippen molar-refractivity contribution in [1.82, 2.24) is 10.2 Å². The van der Waals surface area contributed by atoms with Gasteiger partial charge < -0.3 is 10.2 Å². The third-order valence-electron chi connectivity index (χ3n) is 7.08. The molecule has 3 rings (SSSR count). The molecule has 7 nitrogen and oxygen atoms in total. The molecular weight excluding hydrogens is 546 g/mol. The topological polar surface area (TPSA) is 86.8 Å². The molecule has 0 unspecified atom stereocenters. The molecule has 0 saturated carbocycles. The maximum absolute atomic E-state index is 14.0. The fourth-order valence-electron chi connectivity index (χ4n) is 4.13. The molecule has 0 bridgehead atoms. The lowest BCUT2D eigenvalue weighted by molar-refractivity contribution is -0.139. The Hall–Kier alpha value is -3.36. The SMILES string of the molecule is CC[C@H](C)NC(=O)[C@H](C)N(Cc1cccc(Cl)c1)C(=O)CN(c1ccc(C)c(C)c1)S(=O)(=O)c1ccc(C)cc1. The van der Waals surface area contributed by atoms with E-state index in [1.165, 1.54) is 17.0 Å². The van der Waals surface area contributed by atoms with E-state index in [9.17, 15) is 18.0 Å². The van der Waals surface area contributed by atoms with Crippen molar-refractivity contribution in [3.8, 4) is 0 Å². The molecule has 3 aromatic rings. The smallest absolute Gasteiger partial charge is 0.264 e. The van der Waals surface area contributed by atoms with E-state index in [0.717, 1.165) is 33.0 Å².